The zero-order chi connectivity index (χ0) is 14.6. The van der Waals surface area contributed by atoms with Gasteiger partial charge in [0.2, 0.25) is 5.91 Å². The van der Waals surface area contributed by atoms with Crippen LogP contribution in [0.15, 0.2) is 29.4 Å². The molecule has 1 saturated heterocycles. The Morgan fingerprint density at radius 1 is 1.30 bits per heavy atom. The number of amides is 1. The van der Waals surface area contributed by atoms with Gasteiger partial charge in [-0.15, -0.1) is 0 Å². The third-order valence-electron chi connectivity index (χ3n) is 2.46. The first-order chi connectivity index (χ1) is 9.45. The quantitative estimate of drug-likeness (QED) is 0.471. The minimum absolute atomic E-state index is 0.154. The summed E-state index contributed by atoms with van der Waals surface area (Å²) >= 11 is 0. The second kappa shape index (κ2) is 5.88. The van der Waals surface area contributed by atoms with Gasteiger partial charge in [-0.2, -0.15) is 18.3 Å². The third-order valence-corrected chi connectivity index (χ3v) is 2.46. The van der Waals surface area contributed by atoms with Crippen LogP contribution in [0.4, 0.5) is 13.2 Å². The molecular weight excluding hydrogens is 275 g/mol. The lowest BCUT2D eigenvalue weighted by Gasteiger charge is -2.24. The van der Waals surface area contributed by atoms with E-state index in [0.29, 0.717) is 5.56 Å². The molecule has 2 rings (SSSR count). The molecular formula is C11H12F3N5O. The van der Waals surface area contributed by atoms with Gasteiger partial charge in [0.1, 0.15) is 0 Å². The standard InChI is InChI=1S/C11H12F3N5O/c12-11(13,14)8-3-1-7(2-4-8)5-15-18-10-17-9(20)6-16-19-10/h1-5,10,16,18-19H,6H2,(H,17,20)/b15-5-. The maximum absolute atomic E-state index is 12.3. The summed E-state index contributed by atoms with van der Waals surface area (Å²) in [6.07, 6.45) is -3.58. The van der Waals surface area contributed by atoms with Crippen molar-refractivity contribution in [2.45, 2.75) is 12.5 Å². The summed E-state index contributed by atoms with van der Waals surface area (Å²) < 4.78 is 37.0. The third kappa shape index (κ3) is 3.93. The molecule has 0 saturated carbocycles. The number of carbonyl (C=O) groups excluding carboxylic acids is 1. The van der Waals surface area contributed by atoms with Gasteiger partial charge in [0.15, 0.2) is 6.29 Å². The monoisotopic (exact) mass is 287 g/mol. The van der Waals surface area contributed by atoms with Crippen LogP contribution in [0.1, 0.15) is 11.1 Å². The normalized spacial score (nSPS) is 19.9. The van der Waals surface area contributed by atoms with E-state index in [9.17, 15) is 18.0 Å². The molecule has 1 aliphatic heterocycles. The first kappa shape index (κ1) is 14.3. The van der Waals surface area contributed by atoms with Gasteiger partial charge < -0.3 is 5.32 Å². The highest BCUT2D eigenvalue weighted by molar-refractivity contribution is 5.80. The number of nitrogens with zero attached hydrogens (tertiary/aromatic N) is 1. The van der Waals surface area contributed by atoms with E-state index in [4.69, 9.17) is 0 Å². The Hall–Kier alpha value is -2.13. The molecule has 1 aliphatic rings. The highest BCUT2D eigenvalue weighted by Crippen LogP contribution is 2.28. The Morgan fingerprint density at radius 2 is 2.00 bits per heavy atom. The minimum atomic E-state index is -4.35. The Balaban J connectivity index is 1.89. The lowest BCUT2D eigenvalue weighted by atomic mass is 10.1. The number of carbonyl (C=O) groups is 1. The summed E-state index contributed by atoms with van der Waals surface area (Å²) in [6, 6.07) is 4.56. The maximum atomic E-state index is 12.3. The number of hydrazone groups is 1. The maximum Gasteiger partial charge on any atom is 0.416 e. The van der Waals surface area contributed by atoms with E-state index in [1.54, 1.807) is 0 Å². The molecule has 1 fully saturated rings. The molecule has 4 N–H and O–H groups in total. The number of hydrogen-bond acceptors (Lipinski definition) is 5. The van der Waals surface area contributed by atoms with E-state index in [0.717, 1.165) is 12.1 Å². The van der Waals surface area contributed by atoms with Crippen LogP contribution in [-0.4, -0.2) is 25.0 Å². The molecule has 6 nitrogen and oxygen atoms in total. The van der Waals surface area contributed by atoms with Crippen LogP contribution in [0.2, 0.25) is 0 Å². The average Bonchev–Trinajstić information content (AvgIpc) is 2.38. The zero-order valence-corrected chi connectivity index (χ0v) is 10.2. The van der Waals surface area contributed by atoms with Crippen molar-refractivity contribution in [2.75, 3.05) is 6.54 Å². The molecule has 1 heterocycles. The summed E-state index contributed by atoms with van der Waals surface area (Å²) in [5, 5.41) is 6.36. The molecule has 0 radical (unpaired) electrons. The van der Waals surface area contributed by atoms with Crippen molar-refractivity contribution in [1.82, 2.24) is 21.6 Å². The van der Waals surface area contributed by atoms with Crippen LogP contribution < -0.4 is 21.6 Å². The second-order valence-electron chi connectivity index (χ2n) is 4.01. The molecule has 108 valence electrons. The Kier molecular flexibility index (Phi) is 4.20. The summed E-state index contributed by atoms with van der Waals surface area (Å²) in [7, 11) is 0. The number of rotatable bonds is 3. The predicted molar refractivity (Wildman–Crippen MR) is 65.2 cm³/mol. The van der Waals surface area contributed by atoms with Crippen molar-refractivity contribution in [3.8, 4) is 0 Å². The van der Waals surface area contributed by atoms with Gasteiger partial charge in [-0.05, 0) is 17.7 Å². The molecule has 1 atom stereocenters. The lowest BCUT2D eigenvalue weighted by molar-refractivity contribution is -0.137. The fourth-order valence-electron chi connectivity index (χ4n) is 1.49. The van der Waals surface area contributed by atoms with E-state index in [1.807, 2.05) is 0 Å². The number of alkyl halides is 3. The highest BCUT2D eigenvalue weighted by atomic mass is 19.4. The van der Waals surface area contributed by atoms with Crippen molar-refractivity contribution in [2.24, 2.45) is 5.10 Å². The predicted octanol–water partition coefficient (Wildman–Crippen LogP) is 0.137. The number of halogens is 3. The van der Waals surface area contributed by atoms with E-state index in [1.165, 1.54) is 18.3 Å². The SMILES string of the molecule is O=C1CNNC(N/N=C\c2ccc(C(F)(F)F)cc2)N1. The number of hydrogen-bond donors (Lipinski definition) is 4. The van der Waals surface area contributed by atoms with Gasteiger partial charge in [-0.25, -0.2) is 10.9 Å². The van der Waals surface area contributed by atoms with Gasteiger partial charge in [-0.1, -0.05) is 12.1 Å². The first-order valence-corrected chi connectivity index (χ1v) is 5.69. The van der Waals surface area contributed by atoms with Gasteiger partial charge in [0, 0.05) is 0 Å². The Labute approximate surface area is 112 Å². The Bertz CT molecular complexity index is 500. The molecule has 1 aromatic carbocycles. The molecule has 0 spiro atoms. The first-order valence-electron chi connectivity index (χ1n) is 5.69. The van der Waals surface area contributed by atoms with Crippen molar-refractivity contribution in [1.29, 1.82) is 0 Å². The Morgan fingerprint density at radius 3 is 2.60 bits per heavy atom. The van der Waals surface area contributed by atoms with Crippen molar-refractivity contribution >= 4 is 12.1 Å². The van der Waals surface area contributed by atoms with Crippen LogP contribution in [0.5, 0.6) is 0 Å². The van der Waals surface area contributed by atoms with Crippen LogP contribution in [0.25, 0.3) is 0 Å². The molecule has 1 amide bonds. The zero-order valence-electron chi connectivity index (χ0n) is 10.2. The van der Waals surface area contributed by atoms with Crippen molar-refractivity contribution in [3.63, 3.8) is 0 Å². The van der Waals surface area contributed by atoms with Crippen LogP contribution in [-0.2, 0) is 11.0 Å². The molecule has 9 heteroatoms. The fraction of sp³-hybridized carbons (Fsp3) is 0.273. The largest absolute Gasteiger partial charge is 0.416 e. The van der Waals surface area contributed by atoms with Gasteiger partial charge >= 0.3 is 6.18 Å². The van der Waals surface area contributed by atoms with Crippen molar-refractivity contribution < 1.29 is 18.0 Å². The number of hydrazine groups is 1. The lowest BCUT2D eigenvalue weighted by Crippen LogP contribution is -2.64. The summed E-state index contributed by atoms with van der Waals surface area (Å²) in [6.45, 7) is 0.154. The summed E-state index contributed by atoms with van der Waals surface area (Å²) in [4.78, 5) is 11.0. The van der Waals surface area contributed by atoms with Gasteiger partial charge in [0.25, 0.3) is 0 Å². The van der Waals surface area contributed by atoms with Gasteiger partial charge in [0.05, 0.1) is 18.3 Å². The second-order valence-corrected chi connectivity index (χ2v) is 4.01. The molecule has 1 aromatic rings. The van der Waals surface area contributed by atoms with E-state index < -0.39 is 18.0 Å². The number of benzene rings is 1. The number of nitrogens with one attached hydrogen (secondary N) is 4. The van der Waals surface area contributed by atoms with Gasteiger partial charge in [-0.3, -0.25) is 10.2 Å². The van der Waals surface area contributed by atoms with Crippen LogP contribution in [0, 0.1) is 0 Å². The summed E-state index contributed by atoms with van der Waals surface area (Å²) in [5.74, 6) is -0.203. The van der Waals surface area contributed by atoms with E-state index in [-0.39, 0.29) is 12.5 Å². The average molecular weight is 287 g/mol. The van der Waals surface area contributed by atoms with E-state index >= 15 is 0 Å². The molecule has 0 bridgehead atoms. The fourth-order valence-corrected chi connectivity index (χ4v) is 1.49. The van der Waals surface area contributed by atoms with E-state index in [2.05, 4.69) is 26.7 Å². The highest BCUT2D eigenvalue weighted by Gasteiger charge is 2.29. The van der Waals surface area contributed by atoms with Crippen LogP contribution in [0.3, 0.4) is 0 Å². The molecule has 20 heavy (non-hydrogen) atoms. The minimum Gasteiger partial charge on any atom is -0.320 e. The molecule has 1 unspecified atom stereocenters. The topological polar surface area (TPSA) is 77.6 Å². The molecule has 0 aliphatic carbocycles. The van der Waals surface area contributed by atoms with Crippen LogP contribution >= 0.6 is 0 Å². The van der Waals surface area contributed by atoms with Crippen molar-refractivity contribution in [3.05, 3.63) is 35.4 Å². The smallest absolute Gasteiger partial charge is 0.320 e. The summed E-state index contributed by atoms with van der Waals surface area (Å²) in [5.41, 5.74) is 7.72. The molecule has 0 aromatic heterocycles.